The van der Waals surface area contributed by atoms with Crippen LogP contribution in [0.3, 0.4) is 0 Å². The lowest BCUT2D eigenvalue weighted by Gasteiger charge is -2.36. The smallest absolute Gasteiger partial charge is 0.243 e. The lowest BCUT2D eigenvalue weighted by molar-refractivity contribution is -0.121. The number of piperazine rings is 1. The normalized spacial score (nSPS) is 19.1. The first-order valence-corrected chi connectivity index (χ1v) is 12.1. The van der Waals surface area contributed by atoms with Gasteiger partial charge >= 0.3 is 0 Å². The summed E-state index contributed by atoms with van der Waals surface area (Å²) in [6.45, 7) is 3.72. The molecule has 1 amide bonds. The van der Waals surface area contributed by atoms with E-state index in [1.807, 2.05) is 54.3 Å². The number of carbonyl (C=O) groups is 1. The van der Waals surface area contributed by atoms with Crippen molar-refractivity contribution in [1.29, 1.82) is 0 Å². The van der Waals surface area contributed by atoms with E-state index in [0.717, 1.165) is 24.9 Å². The quantitative estimate of drug-likeness (QED) is 0.797. The lowest BCUT2D eigenvalue weighted by Crippen LogP contribution is -2.53. The van der Waals surface area contributed by atoms with Gasteiger partial charge in [-0.05, 0) is 68.0 Å². The van der Waals surface area contributed by atoms with Gasteiger partial charge in [-0.15, -0.1) is 0 Å². The van der Waals surface area contributed by atoms with Gasteiger partial charge in [-0.3, -0.25) is 9.69 Å². The molecule has 1 heterocycles. The van der Waals surface area contributed by atoms with Crippen LogP contribution in [0.5, 0.6) is 0 Å². The maximum atomic E-state index is 13.2. The van der Waals surface area contributed by atoms with E-state index in [1.54, 1.807) is 10.4 Å². The minimum Gasteiger partial charge on any atom is -0.325 e. The van der Waals surface area contributed by atoms with Gasteiger partial charge in [0.1, 0.15) is 0 Å². The standard InChI is InChI=1S/C23H29N3O3S/c1-18(23(27)24-21-9-3-2-4-10-21)25-13-15-26(16-14-25)30(28,29)22-12-11-19-7-5-6-8-20(19)17-22/h2-4,9-12,17-18H,5-8,13-16H2,1H3,(H,24,27). The largest absolute Gasteiger partial charge is 0.325 e. The Morgan fingerprint density at radius 3 is 2.30 bits per heavy atom. The van der Waals surface area contributed by atoms with E-state index in [2.05, 4.69) is 5.32 Å². The number of anilines is 1. The van der Waals surface area contributed by atoms with Crippen molar-refractivity contribution in [1.82, 2.24) is 9.21 Å². The number of rotatable bonds is 5. The van der Waals surface area contributed by atoms with Gasteiger partial charge in [-0.2, -0.15) is 4.31 Å². The number of benzene rings is 2. The summed E-state index contributed by atoms with van der Waals surface area (Å²) in [5, 5.41) is 2.92. The first-order valence-electron chi connectivity index (χ1n) is 10.7. The minimum atomic E-state index is -3.51. The SMILES string of the molecule is CC(C(=O)Nc1ccccc1)N1CCN(S(=O)(=O)c2ccc3c(c2)CCCC3)CC1. The molecule has 1 N–H and O–H groups in total. The van der Waals surface area contributed by atoms with Crippen molar-refractivity contribution in [3.8, 4) is 0 Å². The highest BCUT2D eigenvalue weighted by Crippen LogP contribution is 2.26. The Morgan fingerprint density at radius 2 is 1.60 bits per heavy atom. The van der Waals surface area contributed by atoms with Crippen LogP contribution in [0.4, 0.5) is 5.69 Å². The van der Waals surface area contributed by atoms with Crippen LogP contribution in [0.1, 0.15) is 30.9 Å². The first-order chi connectivity index (χ1) is 14.4. The molecule has 1 saturated heterocycles. The molecule has 0 saturated carbocycles. The fourth-order valence-electron chi connectivity index (χ4n) is 4.28. The Hall–Kier alpha value is -2.22. The summed E-state index contributed by atoms with van der Waals surface area (Å²) in [4.78, 5) is 15.0. The number of aryl methyl sites for hydroxylation is 2. The van der Waals surface area contributed by atoms with E-state index in [-0.39, 0.29) is 11.9 Å². The van der Waals surface area contributed by atoms with Crippen molar-refractivity contribution in [3.05, 3.63) is 59.7 Å². The molecular formula is C23H29N3O3S. The van der Waals surface area contributed by atoms with Crippen molar-refractivity contribution >= 4 is 21.6 Å². The molecule has 2 aliphatic rings. The first kappa shape index (κ1) is 21.0. The number of fused-ring (bicyclic) bond motifs is 1. The Morgan fingerprint density at radius 1 is 0.933 bits per heavy atom. The van der Waals surface area contributed by atoms with Crippen LogP contribution < -0.4 is 5.32 Å². The van der Waals surface area contributed by atoms with E-state index in [4.69, 9.17) is 0 Å². The van der Waals surface area contributed by atoms with Gasteiger partial charge in [0.25, 0.3) is 0 Å². The fourth-order valence-corrected chi connectivity index (χ4v) is 5.76. The number of sulfonamides is 1. The van der Waals surface area contributed by atoms with Crippen LogP contribution in [0.2, 0.25) is 0 Å². The third kappa shape index (κ3) is 4.43. The molecule has 1 fully saturated rings. The fraction of sp³-hybridized carbons (Fsp3) is 0.435. The van der Waals surface area contributed by atoms with Crippen LogP contribution >= 0.6 is 0 Å². The zero-order chi connectivity index (χ0) is 21.1. The molecule has 6 nitrogen and oxygen atoms in total. The summed E-state index contributed by atoms with van der Waals surface area (Å²) in [5.41, 5.74) is 3.22. The van der Waals surface area contributed by atoms with Crippen molar-refractivity contribution in [3.63, 3.8) is 0 Å². The van der Waals surface area contributed by atoms with Gasteiger partial charge in [0.2, 0.25) is 15.9 Å². The topological polar surface area (TPSA) is 69.7 Å². The molecule has 1 aliphatic carbocycles. The Labute approximate surface area is 178 Å². The third-order valence-corrected chi connectivity index (χ3v) is 8.09. The molecule has 1 aliphatic heterocycles. The number of nitrogens with one attached hydrogen (secondary N) is 1. The van der Waals surface area contributed by atoms with E-state index in [9.17, 15) is 13.2 Å². The van der Waals surface area contributed by atoms with Crippen molar-refractivity contribution < 1.29 is 13.2 Å². The van der Waals surface area contributed by atoms with Crippen LogP contribution in [-0.2, 0) is 27.7 Å². The molecule has 7 heteroatoms. The summed E-state index contributed by atoms with van der Waals surface area (Å²) in [6, 6.07) is 14.7. The van der Waals surface area contributed by atoms with Gasteiger partial charge in [0.15, 0.2) is 0 Å². The van der Waals surface area contributed by atoms with Gasteiger partial charge in [-0.1, -0.05) is 24.3 Å². The van der Waals surface area contributed by atoms with E-state index >= 15 is 0 Å². The number of carbonyl (C=O) groups excluding carboxylic acids is 1. The second-order valence-electron chi connectivity index (χ2n) is 8.11. The molecule has 0 spiro atoms. The predicted octanol–water partition coefficient (Wildman–Crippen LogP) is 2.90. The van der Waals surface area contributed by atoms with Gasteiger partial charge in [-0.25, -0.2) is 8.42 Å². The van der Waals surface area contributed by atoms with Gasteiger partial charge in [0, 0.05) is 31.9 Å². The van der Waals surface area contributed by atoms with Crippen LogP contribution in [0.25, 0.3) is 0 Å². The van der Waals surface area contributed by atoms with E-state index in [0.29, 0.717) is 31.1 Å². The summed E-state index contributed by atoms with van der Waals surface area (Å²) in [6.07, 6.45) is 4.30. The Bertz CT molecular complexity index is 1000. The number of para-hydroxylation sites is 1. The zero-order valence-corrected chi connectivity index (χ0v) is 18.2. The molecule has 0 aromatic heterocycles. The minimum absolute atomic E-state index is 0.0767. The number of hydrogen-bond donors (Lipinski definition) is 1. The molecule has 30 heavy (non-hydrogen) atoms. The average Bonchev–Trinajstić information content (AvgIpc) is 2.79. The monoisotopic (exact) mass is 427 g/mol. The molecular weight excluding hydrogens is 398 g/mol. The number of hydrogen-bond acceptors (Lipinski definition) is 4. The Kier molecular flexibility index (Phi) is 6.22. The van der Waals surface area contributed by atoms with Crippen molar-refractivity contribution in [2.45, 2.75) is 43.5 Å². The molecule has 0 bridgehead atoms. The number of amides is 1. The molecule has 4 rings (SSSR count). The molecule has 0 radical (unpaired) electrons. The molecule has 2 aromatic rings. The van der Waals surface area contributed by atoms with Gasteiger partial charge < -0.3 is 5.32 Å². The number of nitrogens with zero attached hydrogens (tertiary/aromatic N) is 2. The third-order valence-electron chi connectivity index (χ3n) is 6.20. The van der Waals surface area contributed by atoms with Crippen molar-refractivity contribution in [2.24, 2.45) is 0 Å². The zero-order valence-electron chi connectivity index (χ0n) is 17.4. The van der Waals surface area contributed by atoms with Crippen LogP contribution in [0, 0.1) is 0 Å². The molecule has 160 valence electrons. The summed E-state index contributed by atoms with van der Waals surface area (Å²) in [7, 11) is -3.51. The van der Waals surface area contributed by atoms with Crippen molar-refractivity contribution in [2.75, 3.05) is 31.5 Å². The second kappa shape index (κ2) is 8.88. The molecule has 2 aromatic carbocycles. The average molecular weight is 428 g/mol. The highest BCUT2D eigenvalue weighted by Gasteiger charge is 2.32. The summed E-state index contributed by atoms with van der Waals surface area (Å²) < 4.78 is 27.9. The van der Waals surface area contributed by atoms with E-state index in [1.165, 1.54) is 17.5 Å². The maximum Gasteiger partial charge on any atom is 0.243 e. The second-order valence-corrected chi connectivity index (χ2v) is 10.0. The maximum absolute atomic E-state index is 13.2. The highest BCUT2D eigenvalue weighted by atomic mass is 32.2. The predicted molar refractivity (Wildman–Crippen MR) is 118 cm³/mol. The van der Waals surface area contributed by atoms with Gasteiger partial charge in [0.05, 0.1) is 10.9 Å². The van der Waals surface area contributed by atoms with Crippen LogP contribution in [0.15, 0.2) is 53.4 Å². The summed E-state index contributed by atoms with van der Waals surface area (Å²) in [5.74, 6) is -0.0767. The lowest BCUT2D eigenvalue weighted by atomic mass is 9.92. The van der Waals surface area contributed by atoms with E-state index < -0.39 is 10.0 Å². The van der Waals surface area contributed by atoms with Crippen LogP contribution in [-0.4, -0.2) is 55.8 Å². The Balaban J connectivity index is 1.38. The summed E-state index contributed by atoms with van der Waals surface area (Å²) >= 11 is 0. The highest BCUT2D eigenvalue weighted by molar-refractivity contribution is 7.89. The molecule has 1 unspecified atom stereocenters. The molecule has 1 atom stereocenters.